The van der Waals surface area contributed by atoms with Crippen LogP contribution in [0.2, 0.25) is 25.7 Å². The Labute approximate surface area is 280 Å². The van der Waals surface area contributed by atoms with Gasteiger partial charge in [-0.05, 0) is 61.4 Å². The third-order valence-electron chi connectivity index (χ3n) is 8.03. The molecule has 0 saturated heterocycles. The fourth-order valence-corrected chi connectivity index (χ4v) is 6.98. The summed E-state index contributed by atoms with van der Waals surface area (Å²) in [6.45, 7) is 11.7. The van der Waals surface area contributed by atoms with Crippen LogP contribution < -0.4 is 15.6 Å². The van der Waals surface area contributed by atoms with Crippen LogP contribution in [0.5, 0.6) is 0 Å². The highest BCUT2D eigenvalue weighted by Gasteiger charge is 2.23. The second-order valence-electron chi connectivity index (χ2n) is 13.2. The number of aromatic nitrogens is 6. The molecule has 2 N–H and O–H groups in total. The third-order valence-corrected chi connectivity index (χ3v) is 10.3. The predicted molar refractivity (Wildman–Crippen MR) is 193 cm³/mol. The summed E-state index contributed by atoms with van der Waals surface area (Å²) in [7, 11) is -4.78. The molecule has 0 unspecified atom stereocenters. The van der Waals surface area contributed by atoms with Crippen LogP contribution in [-0.2, 0) is 21.5 Å². The Morgan fingerprint density at radius 1 is 1.02 bits per heavy atom. The first kappa shape index (κ1) is 33.1. The number of sulfonamides is 1. The molecule has 0 amide bonds. The van der Waals surface area contributed by atoms with E-state index in [0.717, 1.165) is 34.4 Å². The lowest BCUT2D eigenvalue weighted by Gasteiger charge is -2.20. The van der Waals surface area contributed by atoms with Gasteiger partial charge in [0.05, 0.1) is 23.4 Å². The number of hydrogen-bond acceptors (Lipinski definition) is 8. The summed E-state index contributed by atoms with van der Waals surface area (Å²) >= 11 is 0. The summed E-state index contributed by atoms with van der Waals surface area (Å²) in [5, 5.41) is 9.15. The Morgan fingerprint density at radius 2 is 1.79 bits per heavy atom. The molecule has 0 aliphatic rings. The number of benzene rings is 2. The van der Waals surface area contributed by atoms with Crippen molar-refractivity contribution in [1.82, 2.24) is 28.7 Å². The molecular formula is C34H40N8O4SSi. The summed E-state index contributed by atoms with van der Waals surface area (Å²) in [6, 6.07) is 19.1. The van der Waals surface area contributed by atoms with Gasteiger partial charge in [-0.3, -0.25) is 14.1 Å². The number of anilines is 2. The average Bonchev–Trinajstić information content (AvgIpc) is 3.59. The van der Waals surface area contributed by atoms with Crippen LogP contribution in [0, 0.1) is 6.92 Å². The molecule has 14 heteroatoms. The zero-order valence-electron chi connectivity index (χ0n) is 27.9. The maximum Gasteiger partial charge on any atom is 0.282 e. The van der Waals surface area contributed by atoms with E-state index in [0.29, 0.717) is 40.8 Å². The Hall–Kier alpha value is -4.79. The zero-order valence-corrected chi connectivity index (χ0v) is 29.7. The van der Waals surface area contributed by atoms with Gasteiger partial charge in [0, 0.05) is 38.3 Å². The first-order valence-electron chi connectivity index (χ1n) is 15.7. The smallest absolute Gasteiger partial charge is 0.282 e. The minimum atomic E-state index is -3.49. The van der Waals surface area contributed by atoms with E-state index in [1.807, 2.05) is 67.1 Å². The molecule has 0 spiro atoms. The van der Waals surface area contributed by atoms with Crippen molar-refractivity contribution in [3.05, 3.63) is 101 Å². The number of aryl methyl sites for hydroxylation is 1. The number of hydrogen-bond donors (Lipinski definition) is 2. The standard InChI is InChI=1S/C34H40N8O4SSi/c1-23-15-16-41-30(23)34(43)42(27-13-8-7-9-14-27)32(38-41)24(2)37-31-29-28(25-11-10-12-26(19-25)39-47(3,44)45)20-40(33(29)36-21-35-31)22-46-17-18-48(4,5)6/h7-16,19-21,24,39H,17-18,22H2,1-6H3,(H,35,36,37)/t24-/m0/s1. The number of rotatable bonds is 12. The Bertz CT molecular complexity index is 2270. The quantitative estimate of drug-likeness (QED) is 0.117. The summed E-state index contributed by atoms with van der Waals surface area (Å²) in [4.78, 5) is 23.3. The molecule has 4 heterocycles. The van der Waals surface area contributed by atoms with E-state index in [2.05, 4.69) is 39.6 Å². The van der Waals surface area contributed by atoms with Gasteiger partial charge in [-0.15, -0.1) is 0 Å². The second-order valence-corrected chi connectivity index (χ2v) is 20.6. The highest BCUT2D eigenvalue weighted by Crippen LogP contribution is 2.36. The molecule has 0 aliphatic heterocycles. The number of ether oxygens (including phenoxy) is 1. The maximum atomic E-state index is 13.9. The molecule has 6 aromatic rings. The van der Waals surface area contributed by atoms with Gasteiger partial charge in [-0.1, -0.05) is 50.0 Å². The van der Waals surface area contributed by atoms with Crippen molar-refractivity contribution < 1.29 is 13.2 Å². The topological polar surface area (TPSA) is 137 Å². The van der Waals surface area contributed by atoms with Crippen molar-refractivity contribution in [2.75, 3.05) is 22.9 Å². The van der Waals surface area contributed by atoms with Crippen LogP contribution in [-0.4, -0.2) is 58.1 Å². The lowest BCUT2D eigenvalue weighted by Crippen LogP contribution is -2.29. The van der Waals surface area contributed by atoms with Crippen molar-refractivity contribution in [2.24, 2.45) is 0 Å². The largest absolute Gasteiger partial charge is 0.361 e. The summed E-state index contributed by atoms with van der Waals surface area (Å²) in [5.74, 6) is 1.03. The molecule has 2 aromatic carbocycles. The molecule has 250 valence electrons. The van der Waals surface area contributed by atoms with Crippen LogP contribution >= 0.6 is 0 Å². The van der Waals surface area contributed by atoms with E-state index in [9.17, 15) is 13.2 Å². The summed E-state index contributed by atoms with van der Waals surface area (Å²) < 4.78 is 38.0. The van der Waals surface area contributed by atoms with Gasteiger partial charge in [0.25, 0.3) is 5.56 Å². The minimum Gasteiger partial charge on any atom is -0.361 e. The van der Waals surface area contributed by atoms with Crippen molar-refractivity contribution in [1.29, 1.82) is 0 Å². The molecule has 0 saturated carbocycles. The van der Waals surface area contributed by atoms with Crippen LogP contribution in [0.25, 0.3) is 33.4 Å². The van der Waals surface area contributed by atoms with Crippen molar-refractivity contribution in [3.8, 4) is 16.8 Å². The predicted octanol–water partition coefficient (Wildman–Crippen LogP) is 6.06. The first-order valence-corrected chi connectivity index (χ1v) is 21.3. The maximum absolute atomic E-state index is 13.9. The van der Waals surface area contributed by atoms with E-state index in [1.54, 1.807) is 33.5 Å². The number of fused-ring (bicyclic) bond motifs is 2. The van der Waals surface area contributed by atoms with Gasteiger partial charge in [-0.25, -0.2) is 22.9 Å². The van der Waals surface area contributed by atoms with E-state index in [4.69, 9.17) is 9.84 Å². The molecular weight excluding hydrogens is 645 g/mol. The van der Waals surface area contributed by atoms with Crippen LogP contribution in [0.3, 0.4) is 0 Å². The number of para-hydroxylation sites is 1. The van der Waals surface area contributed by atoms with E-state index in [1.165, 1.54) is 6.33 Å². The molecule has 4 aromatic heterocycles. The summed E-state index contributed by atoms with van der Waals surface area (Å²) in [6.07, 6.45) is 6.36. The molecule has 0 radical (unpaired) electrons. The Balaban J connectivity index is 1.46. The fraction of sp³-hybridized carbons (Fsp3) is 0.294. The third kappa shape index (κ3) is 7.05. The number of nitrogens with zero attached hydrogens (tertiary/aromatic N) is 6. The monoisotopic (exact) mass is 684 g/mol. The average molecular weight is 685 g/mol. The van der Waals surface area contributed by atoms with E-state index in [-0.39, 0.29) is 12.3 Å². The molecule has 0 aliphatic carbocycles. The Morgan fingerprint density at radius 3 is 2.52 bits per heavy atom. The van der Waals surface area contributed by atoms with Crippen LogP contribution in [0.15, 0.2) is 84.2 Å². The van der Waals surface area contributed by atoms with Crippen molar-refractivity contribution in [2.45, 2.75) is 52.3 Å². The van der Waals surface area contributed by atoms with E-state index < -0.39 is 24.1 Å². The van der Waals surface area contributed by atoms with Gasteiger partial charge >= 0.3 is 0 Å². The normalized spacial score (nSPS) is 12.9. The van der Waals surface area contributed by atoms with Crippen LogP contribution in [0.1, 0.15) is 24.4 Å². The van der Waals surface area contributed by atoms with Gasteiger partial charge in [0.2, 0.25) is 10.0 Å². The SMILES string of the molecule is Cc1ccn2nc([C@H](C)Nc3ncnc4c3c(-c3cccc(NS(C)(=O)=O)c3)cn4COCC[Si](C)(C)C)n(-c3ccccc3)c(=O)c12. The summed E-state index contributed by atoms with van der Waals surface area (Å²) in [5.41, 5.74) is 4.52. The Kier molecular flexibility index (Phi) is 8.98. The lowest BCUT2D eigenvalue weighted by molar-refractivity contribution is 0.0899. The molecule has 0 fully saturated rings. The van der Waals surface area contributed by atoms with Crippen molar-refractivity contribution >= 4 is 46.2 Å². The highest BCUT2D eigenvalue weighted by atomic mass is 32.2. The number of nitrogens with one attached hydrogen (secondary N) is 2. The van der Waals surface area contributed by atoms with Crippen LogP contribution in [0.4, 0.5) is 11.5 Å². The second kappa shape index (κ2) is 13.0. The molecule has 48 heavy (non-hydrogen) atoms. The fourth-order valence-electron chi connectivity index (χ4n) is 5.66. The molecule has 12 nitrogen and oxygen atoms in total. The lowest BCUT2D eigenvalue weighted by atomic mass is 10.1. The molecule has 6 rings (SSSR count). The van der Waals surface area contributed by atoms with Gasteiger partial charge in [0.1, 0.15) is 30.0 Å². The first-order chi connectivity index (χ1) is 22.8. The molecule has 1 atom stereocenters. The van der Waals surface area contributed by atoms with Gasteiger partial charge in [0.15, 0.2) is 5.82 Å². The van der Waals surface area contributed by atoms with Gasteiger partial charge < -0.3 is 14.6 Å². The van der Waals surface area contributed by atoms with Gasteiger partial charge in [-0.2, -0.15) is 5.10 Å². The highest BCUT2D eigenvalue weighted by molar-refractivity contribution is 7.92. The minimum absolute atomic E-state index is 0.173. The van der Waals surface area contributed by atoms with Crippen molar-refractivity contribution in [3.63, 3.8) is 0 Å². The van der Waals surface area contributed by atoms with E-state index >= 15 is 0 Å². The zero-order chi connectivity index (χ0) is 34.2. The molecule has 0 bridgehead atoms.